The van der Waals surface area contributed by atoms with Gasteiger partial charge in [-0.15, -0.1) is 11.3 Å². The molecule has 1 aliphatic rings. The van der Waals surface area contributed by atoms with Crippen molar-refractivity contribution in [2.24, 2.45) is 5.92 Å². The van der Waals surface area contributed by atoms with Gasteiger partial charge in [0.1, 0.15) is 16.5 Å². The minimum atomic E-state index is 0.631. The highest BCUT2D eigenvalue weighted by molar-refractivity contribution is 7.16. The molecule has 0 aliphatic carbocycles. The molecule has 0 radical (unpaired) electrons. The van der Waals surface area contributed by atoms with E-state index in [0.29, 0.717) is 6.04 Å². The second kappa shape index (κ2) is 5.66. The van der Waals surface area contributed by atoms with Gasteiger partial charge in [0.25, 0.3) is 0 Å². The summed E-state index contributed by atoms with van der Waals surface area (Å²) in [6, 6.07) is 2.72. The lowest BCUT2D eigenvalue weighted by Gasteiger charge is -2.36. The minimum absolute atomic E-state index is 0.631. The van der Waals surface area contributed by atoms with E-state index in [1.54, 1.807) is 11.3 Å². The monoisotopic (exact) mass is 290 g/mol. The first-order chi connectivity index (χ1) is 9.67. The molecule has 0 bridgehead atoms. The Hall–Kier alpha value is -1.20. The first-order valence-corrected chi connectivity index (χ1v) is 8.21. The number of nitrogens with zero attached hydrogens (tertiary/aromatic N) is 3. The van der Waals surface area contributed by atoms with Gasteiger partial charge in [0.2, 0.25) is 0 Å². The molecule has 0 amide bonds. The molecule has 1 aliphatic heterocycles. The lowest BCUT2D eigenvalue weighted by molar-refractivity contribution is 0.114. The van der Waals surface area contributed by atoms with E-state index in [2.05, 4.69) is 40.5 Å². The van der Waals surface area contributed by atoms with Crippen molar-refractivity contribution >= 4 is 27.4 Å². The Bertz CT molecular complexity index is 595. The molecule has 1 saturated heterocycles. The molecular weight excluding hydrogens is 268 g/mol. The van der Waals surface area contributed by atoms with Crippen molar-refractivity contribution in [3.63, 3.8) is 0 Å². The predicted octanol–water partition coefficient (Wildman–Crippen LogP) is 3.35. The van der Waals surface area contributed by atoms with Crippen molar-refractivity contribution in [2.45, 2.75) is 39.3 Å². The van der Waals surface area contributed by atoms with Gasteiger partial charge in [-0.05, 0) is 37.1 Å². The van der Waals surface area contributed by atoms with E-state index in [1.807, 2.05) is 7.05 Å². The van der Waals surface area contributed by atoms with E-state index < -0.39 is 0 Å². The zero-order chi connectivity index (χ0) is 14.1. The molecule has 0 saturated carbocycles. The number of nitrogens with one attached hydrogen (secondary N) is 1. The fraction of sp³-hybridized carbons (Fsp3) is 0.600. The Morgan fingerprint density at radius 1 is 1.35 bits per heavy atom. The quantitative estimate of drug-likeness (QED) is 0.941. The van der Waals surface area contributed by atoms with E-state index in [9.17, 15) is 0 Å². The number of anilines is 1. The number of thiophene rings is 1. The Balaban J connectivity index is 1.86. The van der Waals surface area contributed by atoms with Crippen LogP contribution in [0.4, 0.5) is 5.82 Å². The van der Waals surface area contributed by atoms with Crippen molar-refractivity contribution in [2.75, 3.05) is 18.9 Å². The second-order valence-corrected chi connectivity index (χ2v) is 6.73. The number of hydrogen-bond acceptors (Lipinski definition) is 5. The van der Waals surface area contributed by atoms with Crippen LogP contribution in [0.15, 0.2) is 11.4 Å². The standard InChI is InChI=1S/C15H22N4S/c1-10-4-5-11(2)19(8-10)9-13-17-14(16-3)12-6-7-20-15(12)18-13/h6-7,10-11H,4-5,8-9H2,1-3H3,(H,16,17,18). The van der Waals surface area contributed by atoms with Crippen molar-refractivity contribution in [3.05, 3.63) is 17.3 Å². The third kappa shape index (κ3) is 2.65. The molecule has 2 aromatic rings. The highest BCUT2D eigenvalue weighted by atomic mass is 32.1. The van der Waals surface area contributed by atoms with Gasteiger partial charge < -0.3 is 5.32 Å². The van der Waals surface area contributed by atoms with Crippen molar-refractivity contribution in [1.82, 2.24) is 14.9 Å². The largest absolute Gasteiger partial charge is 0.372 e. The summed E-state index contributed by atoms with van der Waals surface area (Å²) >= 11 is 1.68. The summed E-state index contributed by atoms with van der Waals surface area (Å²) in [5, 5.41) is 6.40. The topological polar surface area (TPSA) is 41.1 Å². The summed E-state index contributed by atoms with van der Waals surface area (Å²) in [6.45, 7) is 6.66. The van der Waals surface area contributed by atoms with E-state index in [4.69, 9.17) is 4.98 Å². The Morgan fingerprint density at radius 2 is 2.20 bits per heavy atom. The van der Waals surface area contributed by atoms with Crippen molar-refractivity contribution < 1.29 is 0 Å². The first-order valence-electron chi connectivity index (χ1n) is 7.33. The Morgan fingerprint density at radius 3 is 3.00 bits per heavy atom. The van der Waals surface area contributed by atoms with E-state index >= 15 is 0 Å². The molecule has 2 aromatic heterocycles. The first kappa shape index (κ1) is 13.8. The molecule has 1 fully saturated rings. The maximum Gasteiger partial charge on any atom is 0.146 e. The Kier molecular flexibility index (Phi) is 3.89. The van der Waals surface area contributed by atoms with Gasteiger partial charge in [-0.25, -0.2) is 9.97 Å². The average molecular weight is 290 g/mol. The molecule has 20 heavy (non-hydrogen) atoms. The number of rotatable bonds is 3. The number of hydrogen-bond donors (Lipinski definition) is 1. The summed E-state index contributed by atoms with van der Waals surface area (Å²) in [6.07, 6.45) is 2.62. The van der Waals surface area contributed by atoms with Crippen LogP contribution in [0.2, 0.25) is 0 Å². The van der Waals surface area contributed by atoms with Gasteiger partial charge in [-0.3, -0.25) is 4.90 Å². The molecule has 4 nitrogen and oxygen atoms in total. The fourth-order valence-corrected chi connectivity index (χ4v) is 3.73. The molecule has 3 rings (SSSR count). The van der Waals surface area contributed by atoms with Crippen LogP contribution in [0.5, 0.6) is 0 Å². The van der Waals surface area contributed by atoms with Gasteiger partial charge in [-0.1, -0.05) is 6.92 Å². The van der Waals surface area contributed by atoms with Gasteiger partial charge >= 0.3 is 0 Å². The van der Waals surface area contributed by atoms with E-state index in [-0.39, 0.29) is 0 Å². The normalized spacial score (nSPS) is 24.1. The van der Waals surface area contributed by atoms with Crippen LogP contribution in [0.3, 0.4) is 0 Å². The number of likely N-dealkylation sites (tertiary alicyclic amines) is 1. The second-order valence-electron chi connectivity index (χ2n) is 5.84. The summed E-state index contributed by atoms with van der Waals surface area (Å²) in [5.41, 5.74) is 0. The van der Waals surface area contributed by atoms with E-state index in [1.165, 1.54) is 12.8 Å². The van der Waals surface area contributed by atoms with Crippen LogP contribution >= 0.6 is 11.3 Å². The predicted molar refractivity (Wildman–Crippen MR) is 85.2 cm³/mol. The van der Waals surface area contributed by atoms with Gasteiger partial charge in [0, 0.05) is 19.6 Å². The molecule has 108 valence electrons. The molecule has 1 N–H and O–H groups in total. The summed E-state index contributed by atoms with van der Waals surface area (Å²) in [4.78, 5) is 13.0. The van der Waals surface area contributed by atoms with Crippen LogP contribution < -0.4 is 5.32 Å². The zero-order valence-corrected chi connectivity index (χ0v) is 13.2. The van der Waals surface area contributed by atoms with Crippen molar-refractivity contribution in [1.29, 1.82) is 0 Å². The highest BCUT2D eigenvalue weighted by Gasteiger charge is 2.24. The number of piperidine rings is 1. The third-order valence-electron chi connectivity index (χ3n) is 4.20. The van der Waals surface area contributed by atoms with Crippen LogP contribution in [0.1, 0.15) is 32.5 Å². The van der Waals surface area contributed by atoms with Crippen molar-refractivity contribution in [3.8, 4) is 0 Å². The highest BCUT2D eigenvalue weighted by Crippen LogP contribution is 2.27. The lowest BCUT2D eigenvalue weighted by atomic mass is 9.95. The van der Waals surface area contributed by atoms with Crippen LogP contribution in [0.25, 0.3) is 10.2 Å². The molecule has 3 heterocycles. The average Bonchev–Trinajstić information content (AvgIpc) is 2.90. The maximum atomic E-state index is 4.72. The third-order valence-corrected chi connectivity index (χ3v) is 5.01. The molecule has 2 atom stereocenters. The number of fused-ring (bicyclic) bond motifs is 1. The molecular formula is C15H22N4S. The number of aromatic nitrogens is 2. The van der Waals surface area contributed by atoms with Gasteiger partial charge in [-0.2, -0.15) is 0 Å². The maximum absolute atomic E-state index is 4.72. The van der Waals surface area contributed by atoms with Gasteiger partial charge in [0.05, 0.1) is 11.9 Å². The molecule has 5 heteroatoms. The summed E-state index contributed by atoms with van der Waals surface area (Å²) < 4.78 is 0. The molecule has 0 spiro atoms. The SMILES string of the molecule is CNc1nc(CN2CC(C)CCC2C)nc2sccc12. The smallest absolute Gasteiger partial charge is 0.146 e. The zero-order valence-electron chi connectivity index (χ0n) is 12.4. The fourth-order valence-electron chi connectivity index (χ4n) is 2.94. The van der Waals surface area contributed by atoms with Gasteiger partial charge in [0.15, 0.2) is 0 Å². The lowest BCUT2D eigenvalue weighted by Crippen LogP contribution is -2.40. The Labute approximate surface area is 124 Å². The molecule has 0 aromatic carbocycles. The minimum Gasteiger partial charge on any atom is -0.372 e. The van der Waals surface area contributed by atoms with Crippen LogP contribution in [-0.4, -0.2) is 34.5 Å². The molecule has 2 unspecified atom stereocenters. The van der Waals surface area contributed by atoms with E-state index in [0.717, 1.165) is 40.9 Å². The van der Waals surface area contributed by atoms with Crippen LogP contribution in [0, 0.1) is 5.92 Å². The summed E-state index contributed by atoms with van der Waals surface area (Å²) in [7, 11) is 1.93. The summed E-state index contributed by atoms with van der Waals surface area (Å²) in [5.74, 6) is 2.66. The van der Waals surface area contributed by atoms with Crippen LogP contribution in [-0.2, 0) is 6.54 Å².